The van der Waals surface area contributed by atoms with E-state index in [4.69, 9.17) is 0 Å². The van der Waals surface area contributed by atoms with Crippen molar-refractivity contribution in [3.63, 3.8) is 0 Å². The van der Waals surface area contributed by atoms with Gasteiger partial charge < -0.3 is 9.88 Å². The molecule has 1 N–H and O–H groups in total. The van der Waals surface area contributed by atoms with E-state index < -0.39 is 0 Å². The molecule has 0 bridgehead atoms. The number of nitrogens with one attached hydrogen (secondary N) is 1. The highest BCUT2D eigenvalue weighted by molar-refractivity contribution is 9.10. The Morgan fingerprint density at radius 3 is 2.76 bits per heavy atom. The maximum absolute atomic E-state index is 4.61. The highest BCUT2D eigenvalue weighted by Gasteiger charge is 2.20. The summed E-state index contributed by atoms with van der Waals surface area (Å²) in [4.78, 5) is 4.61. The second kappa shape index (κ2) is 7.76. The van der Waals surface area contributed by atoms with Gasteiger partial charge in [-0.15, -0.1) is 0 Å². The Balaban J connectivity index is 2.39. The molecule has 0 fully saturated rings. The number of imidazole rings is 1. The fraction of sp³-hybridized carbons (Fsp3) is 0.471. The second-order valence-corrected chi connectivity index (χ2v) is 6.25. The van der Waals surface area contributed by atoms with Gasteiger partial charge in [-0.1, -0.05) is 41.9 Å². The van der Waals surface area contributed by atoms with Gasteiger partial charge in [0.2, 0.25) is 0 Å². The molecule has 114 valence electrons. The van der Waals surface area contributed by atoms with Crippen LogP contribution in [-0.4, -0.2) is 16.1 Å². The molecule has 1 unspecified atom stereocenters. The van der Waals surface area contributed by atoms with Gasteiger partial charge in [0.05, 0.1) is 6.04 Å². The summed E-state index contributed by atoms with van der Waals surface area (Å²) in [6.45, 7) is 8.47. The smallest absolute Gasteiger partial charge is 0.130 e. The first-order chi connectivity index (χ1) is 10.2. The van der Waals surface area contributed by atoms with Gasteiger partial charge in [0, 0.05) is 23.4 Å². The number of benzene rings is 1. The first kappa shape index (κ1) is 16.2. The van der Waals surface area contributed by atoms with Crippen molar-refractivity contribution in [3.8, 4) is 0 Å². The average Bonchev–Trinajstić information content (AvgIpc) is 2.90. The van der Waals surface area contributed by atoms with Crippen molar-refractivity contribution in [1.29, 1.82) is 0 Å². The SMILES string of the molecule is CCCNC(c1ccc(C)cc1Br)c1nccn1CCC. The first-order valence-electron chi connectivity index (χ1n) is 7.67. The molecule has 0 saturated carbocycles. The van der Waals surface area contributed by atoms with Crippen LogP contribution in [-0.2, 0) is 6.54 Å². The number of halogens is 1. The zero-order chi connectivity index (χ0) is 15.2. The van der Waals surface area contributed by atoms with Crippen molar-refractivity contribution < 1.29 is 0 Å². The van der Waals surface area contributed by atoms with Crippen LogP contribution in [0, 0.1) is 6.92 Å². The molecule has 0 amide bonds. The van der Waals surface area contributed by atoms with E-state index in [2.05, 4.69) is 76.0 Å². The summed E-state index contributed by atoms with van der Waals surface area (Å²) in [6, 6.07) is 6.65. The van der Waals surface area contributed by atoms with Crippen LogP contribution in [0.4, 0.5) is 0 Å². The van der Waals surface area contributed by atoms with Crippen molar-refractivity contribution in [2.75, 3.05) is 6.54 Å². The van der Waals surface area contributed by atoms with Gasteiger partial charge in [-0.2, -0.15) is 0 Å². The Morgan fingerprint density at radius 2 is 2.10 bits per heavy atom. The molecule has 4 heteroatoms. The van der Waals surface area contributed by atoms with E-state index in [0.717, 1.165) is 36.2 Å². The maximum Gasteiger partial charge on any atom is 0.130 e. The summed E-state index contributed by atoms with van der Waals surface area (Å²) in [5, 5.41) is 3.63. The third-order valence-electron chi connectivity index (χ3n) is 3.54. The van der Waals surface area contributed by atoms with Crippen LogP contribution >= 0.6 is 15.9 Å². The van der Waals surface area contributed by atoms with Gasteiger partial charge in [-0.25, -0.2) is 4.98 Å². The van der Waals surface area contributed by atoms with Crippen molar-refractivity contribution in [2.24, 2.45) is 0 Å². The standard InChI is InChI=1S/C17H24BrN3/c1-4-8-19-16(14-7-6-13(3)12-15(14)18)17-20-9-11-21(17)10-5-2/h6-7,9,11-12,16,19H,4-5,8,10H2,1-3H3. The molecule has 0 aliphatic rings. The summed E-state index contributed by atoms with van der Waals surface area (Å²) < 4.78 is 3.39. The Bertz CT molecular complexity index is 577. The molecule has 1 atom stereocenters. The molecule has 0 aliphatic carbocycles. The molecule has 1 aromatic carbocycles. The van der Waals surface area contributed by atoms with E-state index in [-0.39, 0.29) is 6.04 Å². The van der Waals surface area contributed by atoms with Crippen molar-refractivity contribution >= 4 is 15.9 Å². The summed E-state index contributed by atoms with van der Waals surface area (Å²) >= 11 is 3.71. The van der Waals surface area contributed by atoms with E-state index in [1.807, 2.05) is 6.20 Å². The van der Waals surface area contributed by atoms with Crippen LogP contribution in [0.25, 0.3) is 0 Å². The normalized spacial score (nSPS) is 12.6. The molecule has 0 aliphatic heterocycles. The van der Waals surface area contributed by atoms with E-state index in [0.29, 0.717) is 0 Å². The molecular weight excluding hydrogens is 326 g/mol. The second-order valence-electron chi connectivity index (χ2n) is 5.39. The third kappa shape index (κ3) is 3.95. The lowest BCUT2D eigenvalue weighted by molar-refractivity contribution is 0.529. The summed E-state index contributed by atoms with van der Waals surface area (Å²) in [7, 11) is 0. The molecule has 2 rings (SSSR count). The van der Waals surface area contributed by atoms with Gasteiger partial charge in [-0.05, 0) is 43.5 Å². The molecule has 0 spiro atoms. The van der Waals surface area contributed by atoms with Crippen molar-refractivity contribution in [3.05, 3.63) is 52.0 Å². The van der Waals surface area contributed by atoms with E-state index in [1.165, 1.54) is 11.1 Å². The van der Waals surface area contributed by atoms with Gasteiger partial charge >= 0.3 is 0 Å². The molecule has 2 aromatic rings. The van der Waals surface area contributed by atoms with Gasteiger partial charge in [0.1, 0.15) is 5.82 Å². The van der Waals surface area contributed by atoms with Crippen LogP contribution in [0.3, 0.4) is 0 Å². The van der Waals surface area contributed by atoms with Crippen LogP contribution in [0.2, 0.25) is 0 Å². The van der Waals surface area contributed by atoms with E-state index in [1.54, 1.807) is 0 Å². The van der Waals surface area contributed by atoms with Crippen molar-refractivity contribution in [2.45, 2.75) is 46.2 Å². The van der Waals surface area contributed by atoms with E-state index >= 15 is 0 Å². The highest BCUT2D eigenvalue weighted by atomic mass is 79.9. The Kier molecular flexibility index (Phi) is 6.00. The third-order valence-corrected chi connectivity index (χ3v) is 4.22. The Labute approximate surface area is 135 Å². The molecule has 0 radical (unpaired) electrons. The fourth-order valence-corrected chi connectivity index (χ4v) is 3.23. The van der Waals surface area contributed by atoms with Crippen LogP contribution in [0.1, 0.15) is 49.7 Å². The quantitative estimate of drug-likeness (QED) is 0.799. The summed E-state index contributed by atoms with van der Waals surface area (Å²) in [6.07, 6.45) is 6.18. The summed E-state index contributed by atoms with van der Waals surface area (Å²) in [5.41, 5.74) is 2.51. The van der Waals surface area contributed by atoms with Crippen LogP contribution in [0.15, 0.2) is 35.1 Å². The Morgan fingerprint density at radius 1 is 1.29 bits per heavy atom. The number of nitrogens with zero attached hydrogens (tertiary/aromatic N) is 2. The predicted molar refractivity (Wildman–Crippen MR) is 91.5 cm³/mol. The molecular formula is C17H24BrN3. The zero-order valence-electron chi connectivity index (χ0n) is 13.1. The van der Waals surface area contributed by atoms with Gasteiger partial charge in [-0.3, -0.25) is 0 Å². The summed E-state index contributed by atoms with van der Waals surface area (Å²) in [5.74, 6) is 1.09. The maximum atomic E-state index is 4.61. The lowest BCUT2D eigenvalue weighted by atomic mass is 10.0. The van der Waals surface area contributed by atoms with Crippen LogP contribution < -0.4 is 5.32 Å². The lowest BCUT2D eigenvalue weighted by Crippen LogP contribution is -2.26. The Hall–Kier alpha value is -1.13. The number of aryl methyl sites for hydroxylation is 2. The number of hydrogen-bond acceptors (Lipinski definition) is 2. The highest BCUT2D eigenvalue weighted by Crippen LogP contribution is 2.29. The van der Waals surface area contributed by atoms with E-state index in [9.17, 15) is 0 Å². The number of rotatable bonds is 7. The van der Waals surface area contributed by atoms with Gasteiger partial charge in [0.25, 0.3) is 0 Å². The topological polar surface area (TPSA) is 29.9 Å². The minimum Gasteiger partial charge on any atom is -0.333 e. The average molecular weight is 350 g/mol. The fourth-order valence-electron chi connectivity index (χ4n) is 2.51. The molecule has 1 aromatic heterocycles. The lowest BCUT2D eigenvalue weighted by Gasteiger charge is -2.21. The number of aromatic nitrogens is 2. The zero-order valence-corrected chi connectivity index (χ0v) is 14.7. The monoisotopic (exact) mass is 349 g/mol. The number of hydrogen-bond donors (Lipinski definition) is 1. The minimum atomic E-state index is 0.126. The van der Waals surface area contributed by atoms with Gasteiger partial charge in [0.15, 0.2) is 0 Å². The largest absolute Gasteiger partial charge is 0.333 e. The predicted octanol–water partition coefficient (Wildman–Crippen LogP) is 4.45. The molecule has 3 nitrogen and oxygen atoms in total. The molecule has 21 heavy (non-hydrogen) atoms. The first-order valence-corrected chi connectivity index (χ1v) is 8.47. The molecule has 0 saturated heterocycles. The van der Waals surface area contributed by atoms with Crippen molar-refractivity contribution in [1.82, 2.24) is 14.9 Å². The van der Waals surface area contributed by atoms with Crippen LogP contribution in [0.5, 0.6) is 0 Å². The minimum absolute atomic E-state index is 0.126. The molecule has 1 heterocycles.